The molecule has 1 aliphatic rings. The lowest BCUT2D eigenvalue weighted by atomic mass is 10.1. The summed E-state index contributed by atoms with van der Waals surface area (Å²) in [6, 6.07) is 11.0. The number of halogens is 2. The van der Waals surface area contributed by atoms with E-state index in [0.29, 0.717) is 42.0 Å². The summed E-state index contributed by atoms with van der Waals surface area (Å²) < 4.78 is 19.6. The van der Waals surface area contributed by atoms with Gasteiger partial charge in [-0.15, -0.1) is 0 Å². The Hall–Kier alpha value is -2.61. The number of hydrogen-bond donors (Lipinski definition) is 1. The van der Waals surface area contributed by atoms with Crippen molar-refractivity contribution in [2.24, 2.45) is 0 Å². The van der Waals surface area contributed by atoms with Crippen LogP contribution >= 0.6 is 15.9 Å². The third-order valence-corrected chi connectivity index (χ3v) is 4.84. The molecule has 27 heavy (non-hydrogen) atoms. The molecule has 1 saturated heterocycles. The van der Waals surface area contributed by atoms with E-state index in [1.54, 1.807) is 47.2 Å². The van der Waals surface area contributed by atoms with Crippen molar-refractivity contribution in [1.29, 1.82) is 0 Å². The van der Waals surface area contributed by atoms with Gasteiger partial charge in [-0.25, -0.2) is 9.18 Å². The van der Waals surface area contributed by atoms with E-state index in [4.69, 9.17) is 4.74 Å². The first-order valence-corrected chi connectivity index (χ1v) is 9.21. The number of benzene rings is 2. The number of urea groups is 1. The molecule has 0 saturated carbocycles. The molecule has 0 aromatic heterocycles. The van der Waals surface area contributed by atoms with Gasteiger partial charge in [-0.3, -0.25) is 4.79 Å². The molecule has 0 aliphatic carbocycles. The molecule has 0 radical (unpaired) electrons. The highest BCUT2D eigenvalue weighted by Gasteiger charge is 2.25. The number of methoxy groups -OCH3 is 1. The number of amides is 3. The number of hydrogen-bond acceptors (Lipinski definition) is 3. The predicted octanol–water partition coefficient (Wildman–Crippen LogP) is 3.59. The lowest BCUT2D eigenvalue weighted by Gasteiger charge is -2.34. The second kappa shape index (κ2) is 8.39. The summed E-state index contributed by atoms with van der Waals surface area (Å²) in [5, 5.41) is 2.57. The first kappa shape index (κ1) is 19.2. The fourth-order valence-corrected chi connectivity index (χ4v) is 3.17. The van der Waals surface area contributed by atoms with Crippen molar-refractivity contribution in [3.8, 4) is 5.75 Å². The second-order valence-corrected chi connectivity index (χ2v) is 6.98. The van der Waals surface area contributed by atoms with Crippen LogP contribution in [-0.2, 0) is 0 Å². The van der Waals surface area contributed by atoms with Crippen molar-refractivity contribution in [2.45, 2.75) is 0 Å². The zero-order valence-electron chi connectivity index (χ0n) is 14.7. The van der Waals surface area contributed by atoms with Crippen LogP contribution in [0.3, 0.4) is 0 Å². The van der Waals surface area contributed by atoms with Crippen molar-refractivity contribution < 1.29 is 18.7 Å². The monoisotopic (exact) mass is 435 g/mol. The molecule has 1 fully saturated rings. The van der Waals surface area contributed by atoms with Crippen molar-refractivity contribution >= 4 is 33.6 Å². The van der Waals surface area contributed by atoms with Gasteiger partial charge in [0.1, 0.15) is 11.6 Å². The summed E-state index contributed by atoms with van der Waals surface area (Å²) in [7, 11) is 1.55. The third kappa shape index (κ3) is 4.57. The fourth-order valence-electron chi connectivity index (χ4n) is 2.84. The minimum Gasteiger partial charge on any atom is -0.497 e. The largest absolute Gasteiger partial charge is 0.497 e. The minimum absolute atomic E-state index is 0.104. The Kier molecular flexibility index (Phi) is 5.95. The van der Waals surface area contributed by atoms with Gasteiger partial charge in [-0.2, -0.15) is 0 Å². The average molecular weight is 436 g/mol. The summed E-state index contributed by atoms with van der Waals surface area (Å²) in [6.07, 6.45) is 0. The van der Waals surface area contributed by atoms with Gasteiger partial charge in [0.25, 0.3) is 5.91 Å². The smallest absolute Gasteiger partial charge is 0.322 e. The number of rotatable bonds is 3. The lowest BCUT2D eigenvalue weighted by molar-refractivity contribution is 0.0671. The van der Waals surface area contributed by atoms with E-state index in [9.17, 15) is 14.0 Å². The molecule has 1 N–H and O–H groups in total. The quantitative estimate of drug-likeness (QED) is 0.800. The molecule has 0 spiro atoms. The number of nitrogens with zero attached hydrogens (tertiary/aromatic N) is 2. The van der Waals surface area contributed by atoms with E-state index < -0.39 is 5.82 Å². The summed E-state index contributed by atoms with van der Waals surface area (Å²) in [5.74, 6) is 0.00728. The van der Waals surface area contributed by atoms with E-state index >= 15 is 0 Å². The van der Waals surface area contributed by atoms with Crippen molar-refractivity contribution in [1.82, 2.24) is 9.80 Å². The normalized spacial score (nSPS) is 14.0. The van der Waals surface area contributed by atoms with Gasteiger partial charge in [0.15, 0.2) is 0 Å². The van der Waals surface area contributed by atoms with Gasteiger partial charge in [-0.05, 0) is 36.4 Å². The zero-order valence-corrected chi connectivity index (χ0v) is 16.3. The second-order valence-electron chi connectivity index (χ2n) is 6.07. The highest BCUT2D eigenvalue weighted by atomic mass is 79.9. The Morgan fingerprint density at radius 3 is 2.44 bits per heavy atom. The first-order chi connectivity index (χ1) is 13.0. The van der Waals surface area contributed by atoms with E-state index in [2.05, 4.69) is 21.2 Å². The maximum atomic E-state index is 13.9. The van der Waals surface area contributed by atoms with Crippen LogP contribution in [0.1, 0.15) is 10.4 Å². The van der Waals surface area contributed by atoms with Gasteiger partial charge < -0.3 is 19.9 Å². The van der Waals surface area contributed by atoms with Crippen LogP contribution in [0.2, 0.25) is 0 Å². The number of piperazine rings is 1. The van der Waals surface area contributed by atoms with Crippen LogP contribution in [-0.4, -0.2) is 55.0 Å². The molecule has 3 amide bonds. The van der Waals surface area contributed by atoms with Crippen molar-refractivity contribution in [3.05, 3.63) is 58.3 Å². The highest BCUT2D eigenvalue weighted by Crippen LogP contribution is 2.20. The number of ether oxygens (including phenoxy) is 1. The van der Waals surface area contributed by atoms with Gasteiger partial charge in [-0.1, -0.05) is 22.0 Å². The van der Waals surface area contributed by atoms with Crippen LogP contribution in [0.5, 0.6) is 5.75 Å². The maximum absolute atomic E-state index is 13.9. The predicted molar refractivity (Wildman–Crippen MR) is 104 cm³/mol. The first-order valence-electron chi connectivity index (χ1n) is 8.42. The average Bonchev–Trinajstić information content (AvgIpc) is 2.69. The molecular weight excluding hydrogens is 417 g/mol. The molecule has 0 unspecified atom stereocenters. The number of anilines is 1. The van der Waals surface area contributed by atoms with E-state index in [0.717, 1.165) is 0 Å². The number of nitrogens with one attached hydrogen (secondary N) is 1. The summed E-state index contributed by atoms with van der Waals surface area (Å²) in [5.41, 5.74) is 0.669. The van der Waals surface area contributed by atoms with Crippen LogP contribution < -0.4 is 10.1 Å². The van der Waals surface area contributed by atoms with Crippen molar-refractivity contribution in [3.63, 3.8) is 0 Å². The SMILES string of the molecule is COc1cccc(C(=O)N2CCN(C(=O)Nc3ccc(Br)cc3F)CC2)c1. The molecule has 2 aromatic rings. The van der Waals surface area contributed by atoms with Crippen LogP contribution in [0.15, 0.2) is 46.9 Å². The van der Waals surface area contributed by atoms with E-state index in [1.807, 2.05) is 0 Å². The molecule has 0 atom stereocenters. The van der Waals surface area contributed by atoms with Gasteiger partial charge in [0.2, 0.25) is 0 Å². The molecule has 0 bridgehead atoms. The Bertz CT molecular complexity index is 854. The Morgan fingerprint density at radius 2 is 1.78 bits per heavy atom. The van der Waals surface area contributed by atoms with Crippen LogP contribution in [0.4, 0.5) is 14.9 Å². The highest BCUT2D eigenvalue weighted by molar-refractivity contribution is 9.10. The molecule has 142 valence electrons. The van der Waals surface area contributed by atoms with Gasteiger partial charge >= 0.3 is 6.03 Å². The van der Waals surface area contributed by atoms with Gasteiger partial charge in [0, 0.05) is 36.2 Å². The molecule has 1 aliphatic heterocycles. The molecule has 6 nitrogen and oxygen atoms in total. The number of carbonyl (C=O) groups is 2. The number of carbonyl (C=O) groups excluding carboxylic acids is 2. The van der Waals surface area contributed by atoms with Crippen LogP contribution in [0.25, 0.3) is 0 Å². The Balaban J connectivity index is 1.57. The third-order valence-electron chi connectivity index (χ3n) is 4.34. The Labute approximate surface area is 165 Å². The standard InChI is InChI=1S/C19H19BrFN3O3/c1-27-15-4-2-3-13(11-15)18(25)23-7-9-24(10-8-23)19(26)22-17-6-5-14(20)12-16(17)21/h2-6,11-12H,7-10H2,1H3,(H,22,26). The molecule has 1 heterocycles. The van der Waals surface area contributed by atoms with E-state index in [-0.39, 0.29) is 17.6 Å². The fraction of sp³-hybridized carbons (Fsp3) is 0.263. The summed E-state index contributed by atoms with van der Waals surface area (Å²) >= 11 is 3.18. The summed E-state index contributed by atoms with van der Waals surface area (Å²) in [4.78, 5) is 28.2. The van der Waals surface area contributed by atoms with E-state index in [1.165, 1.54) is 12.1 Å². The molecule has 3 rings (SSSR count). The maximum Gasteiger partial charge on any atom is 0.322 e. The molecule has 2 aromatic carbocycles. The summed E-state index contributed by atoms with van der Waals surface area (Å²) in [6.45, 7) is 1.57. The molecular formula is C19H19BrFN3O3. The topological polar surface area (TPSA) is 61.9 Å². The van der Waals surface area contributed by atoms with Crippen molar-refractivity contribution in [2.75, 3.05) is 38.6 Å². The zero-order chi connectivity index (χ0) is 19.4. The lowest BCUT2D eigenvalue weighted by Crippen LogP contribution is -2.51. The molecule has 8 heteroatoms. The van der Waals surface area contributed by atoms with Crippen LogP contribution in [0, 0.1) is 5.82 Å². The van der Waals surface area contributed by atoms with Gasteiger partial charge in [0.05, 0.1) is 12.8 Å². The Morgan fingerprint density at radius 1 is 1.07 bits per heavy atom. The minimum atomic E-state index is -0.510.